The predicted molar refractivity (Wildman–Crippen MR) is 80.6 cm³/mol. The van der Waals surface area contributed by atoms with Gasteiger partial charge in [-0.2, -0.15) is 4.31 Å². The van der Waals surface area contributed by atoms with E-state index in [-0.39, 0.29) is 29.4 Å². The first-order valence-electron chi connectivity index (χ1n) is 7.74. The van der Waals surface area contributed by atoms with Crippen molar-refractivity contribution in [3.8, 4) is 0 Å². The van der Waals surface area contributed by atoms with E-state index in [0.29, 0.717) is 18.8 Å². The van der Waals surface area contributed by atoms with E-state index in [1.54, 1.807) is 11.9 Å². The van der Waals surface area contributed by atoms with Crippen LogP contribution in [0.5, 0.6) is 0 Å². The zero-order valence-electron chi connectivity index (χ0n) is 12.9. The number of hydrogen-bond donors (Lipinski definition) is 1. The highest BCUT2D eigenvalue weighted by Crippen LogP contribution is 2.29. The number of fused-ring (bicyclic) bond motifs is 3. The first-order valence-corrected chi connectivity index (χ1v) is 9.18. The van der Waals surface area contributed by atoms with Gasteiger partial charge in [-0.3, -0.25) is 4.79 Å². The molecule has 8 heteroatoms. The van der Waals surface area contributed by atoms with E-state index in [1.165, 1.54) is 10.5 Å². The number of carbonyl (C=O) groups is 1. The Morgan fingerprint density at radius 2 is 2.14 bits per heavy atom. The van der Waals surface area contributed by atoms with Crippen molar-refractivity contribution in [3.63, 3.8) is 0 Å². The Morgan fingerprint density at radius 1 is 1.36 bits per heavy atom. The molecule has 1 aromatic heterocycles. The number of imidazole rings is 1. The lowest BCUT2D eigenvalue weighted by molar-refractivity contribution is -0.134. The molecule has 3 rings (SSSR count). The molecule has 1 N–H and O–H groups in total. The molecule has 1 amide bonds. The number of nitrogens with zero attached hydrogens (tertiary/aromatic N) is 3. The molecule has 2 aliphatic heterocycles. The quantitative estimate of drug-likeness (QED) is 0.881. The average molecular weight is 326 g/mol. The monoisotopic (exact) mass is 326 g/mol. The molecule has 1 aromatic rings. The summed E-state index contributed by atoms with van der Waals surface area (Å²) in [5.41, 5.74) is 0. The van der Waals surface area contributed by atoms with Gasteiger partial charge in [0.2, 0.25) is 5.91 Å². The molecule has 3 heterocycles. The van der Waals surface area contributed by atoms with Gasteiger partial charge in [0.15, 0.2) is 5.03 Å². The minimum atomic E-state index is -3.63. The van der Waals surface area contributed by atoms with E-state index in [4.69, 9.17) is 0 Å². The van der Waals surface area contributed by atoms with Crippen LogP contribution in [0.2, 0.25) is 0 Å². The number of aromatic amines is 1. The second-order valence-electron chi connectivity index (χ2n) is 6.10. The molecule has 122 valence electrons. The Kier molecular flexibility index (Phi) is 3.98. The molecule has 2 saturated heterocycles. The summed E-state index contributed by atoms with van der Waals surface area (Å²) >= 11 is 0. The fraction of sp³-hybridized carbons (Fsp3) is 0.714. The number of likely N-dealkylation sites (N-methyl/N-ethyl adjacent to an activating group) is 1. The lowest BCUT2D eigenvalue weighted by atomic mass is 10.0. The van der Waals surface area contributed by atoms with E-state index in [2.05, 4.69) is 9.97 Å². The molecule has 22 heavy (non-hydrogen) atoms. The van der Waals surface area contributed by atoms with Crippen LogP contribution in [0.4, 0.5) is 0 Å². The van der Waals surface area contributed by atoms with Crippen molar-refractivity contribution in [2.75, 3.05) is 20.1 Å². The summed E-state index contributed by atoms with van der Waals surface area (Å²) in [7, 11) is -1.84. The third kappa shape index (κ3) is 2.54. The first-order chi connectivity index (χ1) is 10.4. The maximum absolute atomic E-state index is 12.8. The third-order valence-electron chi connectivity index (χ3n) is 4.73. The Labute approximate surface area is 130 Å². The first kappa shape index (κ1) is 15.5. The van der Waals surface area contributed by atoms with Crippen LogP contribution >= 0.6 is 0 Å². The highest BCUT2D eigenvalue weighted by molar-refractivity contribution is 7.89. The van der Waals surface area contributed by atoms with Crippen LogP contribution in [0, 0.1) is 5.92 Å². The highest BCUT2D eigenvalue weighted by atomic mass is 32.2. The third-order valence-corrected chi connectivity index (χ3v) is 6.47. The summed E-state index contributed by atoms with van der Waals surface area (Å²) in [6.45, 7) is 2.54. The molecule has 7 nitrogen and oxygen atoms in total. The normalized spacial score (nSPS) is 27.0. The van der Waals surface area contributed by atoms with Crippen LogP contribution in [0.15, 0.2) is 11.2 Å². The lowest BCUT2D eigenvalue weighted by Gasteiger charge is -2.28. The molecule has 0 unspecified atom stereocenters. The fourth-order valence-electron chi connectivity index (χ4n) is 3.31. The number of nitrogens with one attached hydrogen (secondary N) is 1. The standard InChI is InChI=1S/C14H22N4O3S/c1-3-12-15-7-13(16-12)22(20,21)18-8-10-5-4-6-11(9-18)17(2)14(10)19/h7,10-11H,3-6,8-9H2,1-2H3,(H,15,16)/t10-,11+/m1/s1. The van der Waals surface area contributed by atoms with Gasteiger partial charge in [-0.05, 0) is 12.8 Å². The number of carbonyl (C=O) groups excluding carboxylic acids is 1. The molecule has 2 fully saturated rings. The summed E-state index contributed by atoms with van der Waals surface area (Å²) in [6.07, 6.45) is 4.62. The van der Waals surface area contributed by atoms with Gasteiger partial charge < -0.3 is 9.88 Å². The number of rotatable bonds is 3. The molecule has 0 aliphatic carbocycles. The molecule has 0 saturated carbocycles. The van der Waals surface area contributed by atoms with Crippen LogP contribution in [0.1, 0.15) is 32.0 Å². The Hall–Kier alpha value is -1.41. The van der Waals surface area contributed by atoms with E-state index in [1.807, 2.05) is 6.92 Å². The summed E-state index contributed by atoms with van der Waals surface area (Å²) in [5.74, 6) is 0.488. The van der Waals surface area contributed by atoms with Gasteiger partial charge in [0.25, 0.3) is 10.0 Å². The molecule has 2 atom stereocenters. The zero-order valence-corrected chi connectivity index (χ0v) is 13.8. The van der Waals surface area contributed by atoms with Crippen molar-refractivity contribution >= 4 is 15.9 Å². The summed E-state index contributed by atoms with van der Waals surface area (Å²) in [6, 6.07) is -0.0386. The van der Waals surface area contributed by atoms with Gasteiger partial charge in [-0.1, -0.05) is 13.3 Å². The summed E-state index contributed by atoms with van der Waals surface area (Å²) in [4.78, 5) is 21.1. The predicted octanol–water partition coefficient (Wildman–Crippen LogP) is 0.604. The van der Waals surface area contributed by atoms with Crippen LogP contribution in [0.3, 0.4) is 0 Å². The van der Waals surface area contributed by atoms with Crippen LogP contribution in [-0.2, 0) is 21.2 Å². The minimum absolute atomic E-state index is 0.0386. The largest absolute Gasteiger partial charge is 0.341 e. The van der Waals surface area contributed by atoms with Gasteiger partial charge >= 0.3 is 0 Å². The van der Waals surface area contributed by atoms with E-state index >= 15 is 0 Å². The van der Waals surface area contributed by atoms with Crippen molar-refractivity contribution in [2.45, 2.75) is 43.7 Å². The molecular weight excluding hydrogens is 304 g/mol. The Bertz CT molecular complexity index is 669. The second-order valence-corrected chi connectivity index (χ2v) is 8.01. The summed E-state index contributed by atoms with van der Waals surface area (Å²) in [5, 5.41) is 0.124. The second kappa shape index (κ2) is 5.66. The number of aromatic nitrogens is 2. The lowest BCUT2D eigenvalue weighted by Crippen LogP contribution is -2.42. The fourth-order valence-corrected chi connectivity index (χ4v) is 4.77. The number of aryl methyl sites for hydroxylation is 1. The van der Waals surface area contributed by atoms with Gasteiger partial charge in [0, 0.05) is 32.6 Å². The maximum Gasteiger partial charge on any atom is 0.260 e. The number of H-pyrrole nitrogens is 1. The molecule has 2 bridgehead atoms. The van der Waals surface area contributed by atoms with Gasteiger partial charge in [-0.15, -0.1) is 0 Å². The molecular formula is C14H22N4O3S. The van der Waals surface area contributed by atoms with Crippen LogP contribution < -0.4 is 0 Å². The average Bonchev–Trinajstić information content (AvgIpc) is 2.87. The molecule has 0 aromatic carbocycles. The van der Waals surface area contributed by atoms with Gasteiger partial charge in [0.1, 0.15) is 5.82 Å². The zero-order chi connectivity index (χ0) is 15.9. The number of sulfonamides is 1. The molecule has 0 radical (unpaired) electrons. The van der Waals surface area contributed by atoms with Crippen LogP contribution in [0.25, 0.3) is 0 Å². The van der Waals surface area contributed by atoms with Crippen molar-refractivity contribution in [3.05, 3.63) is 12.0 Å². The maximum atomic E-state index is 12.8. The summed E-state index contributed by atoms with van der Waals surface area (Å²) < 4.78 is 27.1. The van der Waals surface area contributed by atoms with Crippen molar-refractivity contribution in [2.24, 2.45) is 5.92 Å². The van der Waals surface area contributed by atoms with Crippen molar-refractivity contribution < 1.29 is 13.2 Å². The minimum Gasteiger partial charge on any atom is -0.341 e. The van der Waals surface area contributed by atoms with E-state index in [9.17, 15) is 13.2 Å². The topological polar surface area (TPSA) is 86.4 Å². The van der Waals surface area contributed by atoms with Crippen LogP contribution in [-0.4, -0.2) is 59.7 Å². The number of amides is 1. The van der Waals surface area contributed by atoms with E-state index < -0.39 is 10.0 Å². The van der Waals surface area contributed by atoms with Gasteiger partial charge in [0.05, 0.1) is 12.1 Å². The highest BCUT2D eigenvalue weighted by Gasteiger charge is 2.41. The van der Waals surface area contributed by atoms with E-state index in [0.717, 1.165) is 19.3 Å². The Morgan fingerprint density at radius 3 is 2.82 bits per heavy atom. The Balaban J connectivity index is 1.92. The van der Waals surface area contributed by atoms with Crippen molar-refractivity contribution in [1.82, 2.24) is 19.2 Å². The number of hydrogen-bond acceptors (Lipinski definition) is 4. The van der Waals surface area contributed by atoms with Crippen molar-refractivity contribution in [1.29, 1.82) is 0 Å². The smallest absolute Gasteiger partial charge is 0.260 e. The van der Waals surface area contributed by atoms with Gasteiger partial charge in [-0.25, -0.2) is 13.4 Å². The SMILES string of the molecule is CCc1ncc(S(=O)(=O)N2C[C@H]3CCC[C@@H](C2)N(C)C3=O)[nH]1. The molecule has 0 spiro atoms. The molecule has 2 aliphatic rings.